The second-order valence-corrected chi connectivity index (χ2v) is 6.90. The lowest BCUT2D eigenvalue weighted by Crippen LogP contribution is -2.21. The largest absolute Gasteiger partial charge is 0.478 e. The minimum absolute atomic E-state index is 0.0580. The molecule has 4 aromatic rings. The summed E-state index contributed by atoms with van der Waals surface area (Å²) in [6.45, 7) is 2.14. The molecule has 3 N–H and O–H groups in total. The van der Waals surface area contributed by atoms with Crippen molar-refractivity contribution in [3.63, 3.8) is 0 Å². The van der Waals surface area contributed by atoms with E-state index in [1.165, 1.54) is 17.5 Å². The number of nitrogens with one attached hydrogen (secondary N) is 2. The van der Waals surface area contributed by atoms with Crippen LogP contribution in [0.2, 0.25) is 0 Å². The molecule has 0 fully saturated rings. The van der Waals surface area contributed by atoms with Gasteiger partial charge in [0.1, 0.15) is 22.6 Å². The summed E-state index contributed by atoms with van der Waals surface area (Å²) in [6, 6.07) is 7.12. The highest BCUT2D eigenvalue weighted by Gasteiger charge is 2.16. The SMILES string of the molecule is Cc1ccc(CNC(=O)c2ccc(-c3cnc4[nH]cc(C(=O)O)c4n3)s2)o1. The van der Waals surface area contributed by atoms with Crippen LogP contribution in [0.15, 0.2) is 41.1 Å². The van der Waals surface area contributed by atoms with Crippen molar-refractivity contribution in [3.8, 4) is 10.6 Å². The molecule has 0 aromatic carbocycles. The Kier molecular flexibility index (Phi) is 4.21. The van der Waals surface area contributed by atoms with E-state index in [-0.39, 0.29) is 17.0 Å². The highest BCUT2D eigenvalue weighted by molar-refractivity contribution is 7.17. The third kappa shape index (κ3) is 3.32. The minimum Gasteiger partial charge on any atom is -0.478 e. The number of aromatic carboxylic acids is 1. The number of nitrogens with zero attached hydrogens (tertiary/aromatic N) is 2. The Morgan fingerprint density at radius 2 is 2.15 bits per heavy atom. The fourth-order valence-corrected chi connectivity index (χ4v) is 3.48. The number of furan rings is 1. The van der Waals surface area contributed by atoms with Crippen molar-refractivity contribution < 1.29 is 19.1 Å². The molecular weight excluding hydrogens is 368 g/mol. The smallest absolute Gasteiger partial charge is 0.339 e. The maximum Gasteiger partial charge on any atom is 0.339 e. The molecule has 0 spiro atoms. The van der Waals surface area contributed by atoms with Crippen LogP contribution in [0, 0.1) is 6.92 Å². The van der Waals surface area contributed by atoms with Crippen LogP contribution in [0.4, 0.5) is 0 Å². The van der Waals surface area contributed by atoms with Crippen LogP contribution >= 0.6 is 11.3 Å². The van der Waals surface area contributed by atoms with E-state index in [4.69, 9.17) is 4.42 Å². The molecular formula is C18H14N4O4S. The Labute approximate surface area is 156 Å². The number of fused-ring (bicyclic) bond motifs is 1. The van der Waals surface area contributed by atoms with Crippen LogP contribution < -0.4 is 5.32 Å². The fourth-order valence-electron chi connectivity index (χ4n) is 2.61. The summed E-state index contributed by atoms with van der Waals surface area (Å²) >= 11 is 1.26. The van der Waals surface area contributed by atoms with Gasteiger partial charge in [-0.15, -0.1) is 11.3 Å². The molecule has 8 nitrogen and oxygen atoms in total. The normalized spacial score (nSPS) is 11.0. The summed E-state index contributed by atoms with van der Waals surface area (Å²) in [5.41, 5.74) is 1.25. The Morgan fingerprint density at radius 1 is 1.30 bits per heavy atom. The van der Waals surface area contributed by atoms with E-state index in [0.717, 1.165) is 10.6 Å². The van der Waals surface area contributed by atoms with Gasteiger partial charge in [-0.3, -0.25) is 4.79 Å². The fraction of sp³-hybridized carbons (Fsp3) is 0.111. The Bertz CT molecular complexity index is 1160. The molecule has 0 unspecified atom stereocenters. The van der Waals surface area contributed by atoms with Crippen LogP contribution in [0.25, 0.3) is 21.7 Å². The molecule has 0 aliphatic heterocycles. The zero-order valence-corrected chi connectivity index (χ0v) is 15.0. The number of aryl methyl sites for hydroxylation is 1. The number of carboxylic acid groups (broad SMARTS) is 1. The number of amides is 1. The lowest BCUT2D eigenvalue weighted by Gasteiger charge is -2.01. The standard InChI is InChI=1S/C18H14N4O4S/c1-9-2-3-10(26-9)6-21-17(23)14-5-4-13(27-14)12-8-20-16-15(22-12)11(7-19-16)18(24)25/h2-5,7-8H,6H2,1H3,(H,19,20)(H,21,23)(H,24,25). The third-order valence-corrected chi connectivity index (χ3v) is 5.02. The van der Waals surface area contributed by atoms with E-state index in [9.17, 15) is 14.7 Å². The van der Waals surface area contributed by atoms with Gasteiger partial charge in [-0.25, -0.2) is 14.8 Å². The molecule has 136 valence electrons. The van der Waals surface area contributed by atoms with Crippen LogP contribution in [0.1, 0.15) is 31.6 Å². The van der Waals surface area contributed by atoms with Crippen molar-refractivity contribution in [2.24, 2.45) is 0 Å². The zero-order valence-electron chi connectivity index (χ0n) is 14.1. The number of H-pyrrole nitrogens is 1. The monoisotopic (exact) mass is 382 g/mol. The topological polar surface area (TPSA) is 121 Å². The van der Waals surface area contributed by atoms with Gasteiger partial charge in [0, 0.05) is 6.20 Å². The van der Waals surface area contributed by atoms with Gasteiger partial charge in [0.25, 0.3) is 5.91 Å². The van der Waals surface area contributed by atoms with Gasteiger partial charge in [0.2, 0.25) is 0 Å². The Balaban J connectivity index is 1.55. The first-order chi connectivity index (χ1) is 13.0. The van der Waals surface area contributed by atoms with Crippen molar-refractivity contribution in [3.05, 3.63) is 58.6 Å². The molecule has 0 atom stereocenters. The summed E-state index contributed by atoms with van der Waals surface area (Å²) in [5.74, 6) is 0.175. The molecule has 0 aliphatic carbocycles. The van der Waals surface area contributed by atoms with Gasteiger partial charge >= 0.3 is 5.97 Å². The van der Waals surface area contributed by atoms with Crippen molar-refractivity contribution >= 4 is 34.4 Å². The maximum atomic E-state index is 12.3. The first kappa shape index (κ1) is 17.0. The van der Waals surface area contributed by atoms with E-state index >= 15 is 0 Å². The predicted octanol–water partition coefficient (Wildman–Crippen LogP) is 3.22. The number of thiophene rings is 1. The van der Waals surface area contributed by atoms with Gasteiger partial charge in [0.15, 0.2) is 5.65 Å². The summed E-state index contributed by atoms with van der Waals surface area (Å²) in [7, 11) is 0. The average Bonchev–Trinajstić information content (AvgIpc) is 3.38. The molecule has 4 rings (SSSR count). The molecule has 0 radical (unpaired) electrons. The molecule has 0 saturated heterocycles. The van der Waals surface area contributed by atoms with Gasteiger partial charge in [-0.1, -0.05) is 0 Å². The van der Waals surface area contributed by atoms with Crippen molar-refractivity contribution in [2.45, 2.75) is 13.5 Å². The highest BCUT2D eigenvalue weighted by atomic mass is 32.1. The molecule has 1 amide bonds. The van der Waals surface area contributed by atoms with E-state index < -0.39 is 5.97 Å². The molecule has 4 aromatic heterocycles. The van der Waals surface area contributed by atoms with E-state index in [1.54, 1.807) is 18.3 Å². The lowest BCUT2D eigenvalue weighted by molar-refractivity contribution is 0.0698. The average molecular weight is 382 g/mol. The molecule has 9 heteroatoms. The summed E-state index contributed by atoms with van der Waals surface area (Å²) in [5, 5.41) is 12.0. The number of carbonyl (C=O) groups excluding carboxylic acids is 1. The number of carbonyl (C=O) groups is 2. The maximum absolute atomic E-state index is 12.3. The van der Waals surface area contributed by atoms with Crippen molar-refractivity contribution in [2.75, 3.05) is 0 Å². The zero-order chi connectivity index (χ0) is 19.0. The molecule has 0 bridgehead atoms. The lowest BCUT2D eigenvalue weighted by atomic mass is 10.3. The molecule has 0 aliphatic rings. The summed E-state index contributed by atoms with van der Waals surface area (Å²) < 4.78 is 5.43. The van der Waals surface area contributed by atoms with E-state index in [2.05, 4.69) is 20.3 Å². The number of aromatic nitrogens is 3. The number of hydrogen-bond donors (Lipinski definition) is 3. The molecule has 27 heavy (non-hydrogen) atoms. The van der Waals surface area contributed by atoms with Gasteiger partial charge in [0.05, 0.1) is 28.2 Å². The van der Waals surface area contributed by atoms with Crippen LogP contribution in [0.5, 0.6) is 0 Å². The number of aromatic amines is 1. The van der Waals surface area contributed by atoms with Gasteiger partial charge in [-0.2, -0.15) is 0 Å². The number of rotatable bonds is 5. The first-order valence-corrected chi connectivity index (χ1v) is 8.84. The Morgan fingerprint density at radius 3 is 2.89 bits per heavy atom. The Hall–Kier alpha value is -3.46. The highest BCUT2D eigenvalue weighted by Crippen LogP contribution is 2.28. The summed E-state index contributed by atoms with van der Waals surface area (Å²) in [6.07, 6.45) is 2.91. The van der Waals surface area contributed by atoms with E-state index in [1.807, 2.05) is 19.1 Å². The number of hydrogen-bond acceptors (Lipinski definition) is 6. The van der Waals surface area contributed by atoms with Crippen LogP contribution in [-0.2, 0) is 6.54 Å². The van der Waals surface area contributed by atoms with E-state index in [0.29, 0.717) is 28.5 Å². The quantitative estimate of drug-likeness (QED) is 0.487. The summed E-state index contributed by atoms with van der Waals surface area (Å²) in [4.78, 5) is 36.2. The molecule has 0 saturated carbocycles. The van der Waals surface area contributed by atoms with Gasteiger partial charge < -0.3 is 19.8 Å². The van der Waals surface area contributed by atoms with Crippen LogP contribution in [-0.4, -0.2) is 31.9 Å². The predicted molar refractivity (Wildman–Crippen MR) is 98.8 cm³/mol. The third-order valence-electron chi connectivity index (χ3n) is 3.91. The van der Waals surface area contributed by atoms with Crippen LogP contribution in [0.3, 0.4) is 0 Å². The number of carboxylic acids is 1. The molecule has 4 heterocycles. The second-order valence-electron chi connectivity index (χ2n) is 5.82. The van der Waals surface area contributed by atoms with Gasteiger partial charge in [-0.05, 0) is 31.2 Å². The first-order valence-electron chi connectivity index (χ1n) is 8.02. The van der Waals surface area contributed by atoms with Crippen molar-refractivity contribution in [1.29, 1.82) is 0 Å². The second kappa shape index (κ2) is 6.69. The minimum atomic E-state index is -1.08. The van der Waals surface area contributed by atoms with Crippen molar-refractivity contribution in [1.82, 2.24) is 20.3 Å².